The molecule has 0 aromatic heterocycles. The highest BCUT2D eigenvalue weighted by Gasteiger charge is 2.25. The summed E-state index contributed by atoms with van der Waals surface area (Å²) in [5.74, 6) is 0.755. The maximum absolute atomic E-state index is 6.23. The fraction of sp³-hybridized carbons (Fsp3) is 0.667. The SMILES string of the molecule is CN1CCN(CCCN=C(N)N2CCCCCC2)C(c2ccccc2)C1.I. The summed E-state index contributed by atoms with van der Waals surface area (Å²) in [5.41, 5.74) is 7.65. The number of likely N-dealkylation sites (tertiary alicyclic amines) is 1. The van der Waals surface area contributed by atoms with E-state index in [9.17, 15) is 0 Å². The van der Waals surface area contributed by atoms with Crippen molar-refractivity contribution in [2.75, 3.05) is 52.9 Å². The molecular weight excluding hydrogens is 449 g/mol. The van der Waals surface area contributed by atoms with Gasteiger partial charge in [0.15, 0.2) is 5.96 Å². The standard InChI is InChI=1S/C21H35N5.HI/c1-24-16-17-25(20(18-24)19-10-5-4-6-11-19)15-9-12-23-21(22)26-13-7-2-3-8-14-26;/h4-6,10-11,20H,2-3,7-9,12-18H2,1H3,(H2,22,23);1H. The van der Waals surface area contributed by atoms with Crippen LogP contribution < -0.4 is 5.73 Å². The lowest BCUT2D eigenvalue weighted by molar-refractivity contribution is 0.0894. The molecule has 2 heterocycles. The first kappa shape index (κ1) is 22.4. The lowest BCUT2D eigenvalue weighted by Crippen LogP contribution is -2.47. The van der Waals surface area contributed by atoms with Gasteiger partial charge in [-0.15, -0.1) is 24.0 Å². The Morgan fingerprint density at radius 2 is 1.74 bits per heavy atom. The first-order valence-electron chi connectivity index (χ1n) is 10.3. The monoisotopic (exact) mass is 485 g/mol. The molecule has 1 aromatic rings. The van der Waals surface area contributed by atoms with Crippen LogP contribution in [0, 0.1) is 0 Å². The summed E-state index contributed by atoms with van der Waals surface area (Å²) >= 11 is 0. The molecule has 2 saturated heterocycles. The second-order valence-electron chi connectivity index (χ2n) is 7.72. The van der Waals surface area contributed by atoms with Crippen LogP contribution in [0.4, 0.5) is 0 Å². The average molecular weight is 485 g/mol. The van der Waals surface area contributed by atoms with E-state index in [1.54, 1.807) is 0 Å². The van der Waals surface area contributed by atoms with Crippen molar-refractivity contribution in [1.82, 2.24) is 14.7 Å². The Hall–Kier alpha value is -0.860. The third-order valence-electron chi connectivity index (χ3n) is 5.69. The molecule has 1 aromatic carbocycles. The molecule has 1 atom stereocenters. The number of nitrogens with zero attached hydrogens (tertiary/aromatic N) is 4. The smallest absolute Gasteiger partial charge is 0.191 e. The van der Waals surface area contributed by atoms with Crippen molar-refractivity contribution in [3.63, 3.8) is 0 Å². The van der Waals surface area contributed by atoms with Gasteiger partial charge in [-0.05, 0) is 31.9 Å². The van der Waals surface area contributed by atoms with Gasteiger partial charge in [0.05, 0.1) is 0 Å². The van der Waals surface area contributed by atoms with Crippen LogP contribution in [-0.2, 0) is 0 Å². The van der Waals surface area contributed by atoms with Gasteiger partial charge in [0.1, 0.15) is 0 Å². The normalized spacial score (nSPS) is 22.9. The van der Waals surface area contributed by atoms with Crippen molar-refractivity contribution >= 4 is 29.9 Å². The number of halogens is 1. The third-order valence-corrected chi connectivity index (χ3v) is 5.69. The maximum Gasteiger partial charge on any atom is 0.191 e. The van der Waals surface area contributed by atoms with E-state index in [1.165, 1.54) is 31.2 Å². The zero-order valence-electron chi connectivity index (χ0n) is 16.7. The van der Waals surface area contributed by atoms with Crippen LogP contribution in [0.25, 0.3) is 0 Å². The quantitative estimate of drug-likeness (QED) is 0.301. The Bertz CT molecular complexity index is 557. The van der Waals surface area contributed by atoms with Gasteiger partial charge in [-0.1, -0.05) is 43.2 Å². The summed E-state index contributed by atoms with van der Waals surface area (Å²) in [6.45, 7) is 7.43. The number of benzene rings is 1. The summed E-state index contributed by atoms with van der Waals surface area (Å²) in [6.07, 6.45) is 6.22. The molecule has 27 heavy (non-hydrogen) atoms. The van der Waals surface area contributed by atoms with Crippen LogP contribution in [0.2, 0.25) is 0 Å². The highest BCUT2D eigenvalue weighted by atomic mass is 127. The number of hydrogen-bond acceptors (Lipinski definition) is 3. The Labute approximate surface area is 182 Å². The van der Waals surface area contributed by atoms with Gasteiger partial charge in [0.25, 0.3) is 0 Å². The number of likely N-dealkylation sites (N-methyl/N-ethyl adjacent to an activating group) is 1. The van der Waals surface area contributed by atoms with Crippen molar-refractivity contribution in [3.05, 3.63) is 35.9 Å². The fourth-order valence-corrected chi connectivity index (χ4v) is 4.08. The van der Waals surface area contributed by atoms with Crippen molar-refractivity contribution in [3.8, 4) is 0 Å². The maximum atomic E-state index is 6.23. The van der Waals surface area contributed by atoms with E-state index in [0.29, 0.717) is 6.04 Å². The van der Waals surface area contributed by atoms with Crippen LogP contribution in [-0.4, -0.2) is 73.5 Å². The Morgan fingerprint density at radius 1 is 1.04 bits per heavy atom. The van der Waals surface area contributed by atoms with Crippen LogP contribution in [0.15, 0.2) is 35.3 Å². The van der Waals surface area contributed by atoms with Crippen LogP contribution in [0.1, 0.15) is 43.7 Å². The molecule has 0 amide bonds. The predicted molar refractivity (Wildman–Crippen MR) is 125 cm³/mol. The van der Waals surface area contributed by atoms with Gasteiger partial charge < -0.3 is 15.5 Å². The van der Waals surface area contributed by atoms with Gasteiger partial charge in [-0.2, -0.15) is 0 Å². The first-order chi connectivity index (χ1) is 12.7. The number of hydrogen-bond donors (Lipinski definition) is 1. The first-order valence-corrected chi connectivity index (χ1v) is 10.3. The lowest BCUT2D eigenvalue weighted by Gasteiger charge is -2.40. The van der Waals surface area contributed by atoms with E-state index < -0.39 is 0 Å². The van der Waals surface area contributed by atoms with E-state index in [-0.39, 0.29) is 24.0 Å². The predicted octanol–water partition coefficient (Wildman–Crippen LogP) is 3.17. The van der Waals surface area contributed by atoms with Crippen LogP contribution in [0.3, 0.4) is 0 Å². The summed E-state index contributed by atoms with van der Waals surface area (Å²) in [7, 11) is 2.22. The number of nitrogens with two attached hydrogens (primary N) is 1. The average Bonchev–Trinajstić information content (AvgIpc) is 2.96. The van der Waals surface area contributed by atoms with E-state index >= 15 is 0 Å². The zero-order valence-corrected chi connectivity index (χ0v) is 19.1. The van der Waals surface area contributed by atoms with Crippen molar-refractivity contribution in [2.45, 2.75) is 38.1 Å². The minimum absolute atomic E-state index is 0. The molecule has 0 spiro atoms. The molecule has 2 fully saturated rings. The summed E-state index contributed by atoms with van der Waals surface area (Å²) in [4.78, 5) is 12.0. The number of guanidine groups is 1. The van der Waals surface area contributed by atoms with E-state index in [0.717, 1.165) is 58.2 Å². The minimum atomic E-state index is 0. The van der Waals surface area contributed by atoms with Gasteiger partial charge in [-0.25, -0.2) is 0 Å². The number of aliphatic imine (C=N–C) groups is 1. The van der Waals surface area contributed by atoms with Crippen LogP contribution in [0.5, 0.6) is 0 Å². The zero-order chi connectivity index (χ0) is 18.2. The minimum Gasteiger partial charge on any atom is -0.370 e. The van der Waals surface area contributed by atoms with Gasteiger partial charge >= 0.3 is 0 Å². The third kappa shape index (κ3) is 6.91. The molecule has 6 heteroatoms. The van der Waals surface area contributed by atoms with Gasteiger partial charge in [-0.3, -0.25) is 9.89 Å². The second-order valence-corrected chi connectivity index (χ2v) is 7.72. The Morgan fingerprint density at radius 3 is 2.44 bits per heavy atom. The second kappa shape index (κ2) is 11.9. The molecule has 0 saturated carbocycles. The number of piperazine rings is 1. The lowest BCUT2D eigenvalue weighted by atomic mass is 10.0. The van der Waals surface area contributed by atoms with E-state index in [2.05, 4.69) is 57.1 Å². The molecule has 1 unspecified atom stereocenters. The van der Waals surface area contributed by atoms with Gasteiger partial charge in [0, 0.05) is 51.9 Å². The van der Waals surface area contributed by atoms with E-state index in [1.807, 2.05) is 0 Å². The van der Waals surface area contributed by atoms with Crippen molar-refractivity contribution in [2.24, 2.45) is 10.7 Å². The highest BCUT2D eigenvalue weighted by Crippen LogP contribution is 2.24. The molecular formula is C21H36IN5. The molecule has 0 aliphatic carbocycles. The van der Waals surface area contributed by atoms with Crippen molar-refractivity contribution in [1.29, 1.82) is 0 Å². The molecule has 0 bridgehead atoms. The summed E-state index contributed by atoms with van der Waals surface area (Å²) < 4.78 is 0. The Kier molecular flexibility index (Phi) is 9.86. The van der Waals surface area contributed by atoms with E-state index in [4.69, 9.17) is 5.73 Å². The molecule has 0 radical (unpaired) electrons. The topological polar surface area (TPSA) is 48.1 Å². The van der Waals surface area contributed by atoms with Gasteiger partial charge in [0.2, 0.25) is 0 Å². The molecule has 2 aliphatic heterocycles. The van der Waals surface area contributed by atoms with Crippen LogP contribution >= 0.6 is 24.0 Å². The fourth-order valence-electron chi connectivity index (χ4n) is 4.08. The molecule has 2 aliphatic rings. The van der Waals surface area contributed by atoms with Crippen molar-refractivity contribution < 1.29 is 0 Å². The highest BCUT2D eigenvalue weighted by molar-refractivity contribution is 14.0. The molecule has 5 nitrogen and oxygen atoms in total. The number of rotatable bonds is 5. The molecule has 3 rings (SSSR count). The summed E-state index contributed by atoms with van der Waals surface area (Å²) in [6, 6.07) is 11.4. The molecule has 152 valence electrons. The molecule has 2 N–H and O–H groups in total. The largest absolute Gasteiger partial charge is 0.370 e. The summed E-state index contributed by atoms with van der Waals surface area (Å²) in [5, 5.41) is 0. The Balaban J connectivity index is 0.00000261.